The van der Waals surface area contributed by atoms with Gasteiger partial charge in [0.15, 0.2) is 0 Å². The quantitative estimate of drug-likeness (QED) is 0.620. The summed E-state index contributed by atoms with van der Waals surface area (Å²) in [5.74, 6) is -0.651. The second kappa shape index (κ2) is 8.29. The Hall–Kier alpha value is -3.45. The maximum absolute atomic E-state index is 12.4. The van der Waals surface area contributed by atoms with Crippen LogP contribution < -0.4 is 16.0 Å². The van der Waals surface area contributed by atoms with Crippen LogP contribution in [-0.2, 0) is 4.79 Å². The lowest BCUT2D eigenvalue weighted by Gasteiger charge is -2.09. The van der Waals surface area contributed by atoms with E-state index in [4.69, 9.17) is 0 Å². The van der Waals surface area contributed by atoms with Gasteiger partial charge < -0.3 is 16.0 Å². The molecule has 3 N–H and O–H groups in total. The average molecular weight is 379 g/mol. The third-order valence-electron chi connectivity index (χ3n) is 3.59. The largest absolute Gasteiger partial charge is 0.326 e. The zero-order valence-corrected chi connectivity index (χ0v) is 15.3. The summed E-state index contributed by atoms with van der Waals surface area (Å²) in [6.45, 7) is 1.42. The van der Waals surface area contributed by atoms with Crippen molar-refractivity contribution in [3.63, 3.8) is 0 Å². The van der Waals surface area contributed by atoms with Gasteiger partial charge in [-0.3, -0.25) is 14.4 Å². The lowest BCUT2D eigenvalue weighted by molar-refractivity contribution is -0.114. The normalized spacial score (nSPS) is 10.1. The molecule has 0 fully saturated rings. The van der Waals surface area contributed by atoms with Crippen molar-refractivity contribution >= 4 is 46.1 Å². The number of hydrogen-bond donors (Lipinski definition) is 3. The van der Waals surface area contributed by atoms with Gasteiger partial charge in [-0.15, -0.1) is 11.3 Å². The SMILES string of the molecule is CC(=O)Nc1ccc(C(=O)Nc2cccc(NC(=O)c3cccs3)c2)cc1. The van der Waals surface area contributed by atoms with E-state index in [0.717, 1.165) is 0 Å². The van der Waals surface area contributed by atoms with E-state index < -0.39 is 0 Å². The zero-order valence-electron chi connectivity index (χ0n) is 14.5. The van der Waals surface area contributed by atoms with Gasteiger partial charge in [0.05, 0.1) is 4.88 Å². The van der Waals surface area contributed by atoms with Crippen molar-refractivity contribution in [3.05, 3.63) is 76.5 Å². The van der Waals surface area contributed by atoms with E-state index in [0.29, 0.717) is 27.5 Å². The molecule has 0 aliphatic heterocycles. The van der Waals surface area contributed by atoms with Crippen LogP contribution in [0.4, 0.5) is 17.1 Å². The topological polar surface area (TPSA) is 87.3 Å². The molecule has 0 saturated carbocycles. The average Bonchev–Trinajstić information content (AvgIpc) is 3.17. The fourth-order valence-electron chi connectivity index (χ4n) is 2.39. The van der Waals surface area contributed by atoms with Gasteiger partial charge in [0.25, 0.3) is 11.8 Å². The summed E-state index contributed by atoms with van der Waals surface area (Å²) in [6, 6.07) is 17.1. The number of hydrogen-bond acceptors (Lipinski definition) is 4. The molecule has 0 radical (unpaired) electrons. The minimum atomic E-state index is -0.286. The summed E-state index contributed by atoms with van der Waals surface area (Å²) in [5, 5.41) is 10.1. The number of benzene rings is 2. The van der Waals surface area contributed by atoms with Crippen LogP contribution in [-0.4, -0.2) is 17.7 Å². The molecular formula is C20H17N3O3S. The fraction of sp³-hybridized carbons (Fsp3) is 0.0500. The van der Waals surface area contributed by atoms with Gasteiger partial charge in [-0.2, -0.15) is 0 Å². The van der Waals surface area contributed by atoms with E-state index in [1.165, 1.54) is 18.3 Å². The summed E-state index contributed by atoms with van der Waals surface area (Å²) >= 11 is 1.36. The molecule has 0 aliphatic rings. The number of carbonyl (C=O) groups excluding carboxylic acids is 3. The first-order chi connectivity index (χ1) is 13.0. The minimum absolute atomic E-state index is 0.173. The molecule has 0 atom stereocenters. The Labute approximate surface area is 160 Å². The predicted molar refractivity (Wildman–Crippen MR) is 107 cm³/mol. The first-order valence-electron chi connectivity index (χ1n) is 8.15. The van der Waals surface area contributed by atoms with Crippen molar-refractivity contribution in [3.8, 4) is 0 Å². The summed E-state index contributed by atoms with van der Waals surface area (Å²) in [5.41, 5.74) is 2.23. The van der Waals surface area contributed by atoms with Gasteiger partial charge in [-0.05, 0) is 53.9 Å². The summed E-state index contributed by atoms with van der Waals surface area (Å²) in [6.07, 6.45) is 0. The Balaban J connectivity index is 1.66. The number of carbonyl (C=O) groups is 3. The second-order valence-corrected chi connectivity index (χ2v) is 6.67. The number of rotatable bonds is 5. The van der Waals surface area contributed by atoms with Crippen LogP contribution in [0, 0.1) is 0 Å². The molecule has 0 unspecified atom stereocenters. The van der Waals surface area contributed by atoms with Crippen LogP contribution in [0.1, 0.15) is 27.0 Å². The minimum Gasteiger partial charge on any atom is -0.326 e. The Bertz CT molecular complexity index is 966. The number of anilines is 3. The molecule has 3 amide bonds. The molecule has 0 aliphatic carbocycles. The molecular weight excluding hydrogens is 362 g/mol. The molecule has 1 aromatic heterocycles. The lowest BCUT2D eigenvalue weighted by atomic mass is 10.2. The molecule has 0 spiro atoms. The zero-order chi connectivity index (χ0) is 19.2. The Kier molecular flexibility index (Phi) is 5.63. The summed E-state index contributed by atoms with van der Waals surface area (Å²) in [7, 11) is 0. The number of amides is 3. The summed E-state index contributed by atoms with van der Waals surface area (Å²) < 4.78 is 0. The molecule has 3 aromatic rings. The highest BCUT2D eigenvalue weighted by atomic mass is 32.1. The summed E-state index contributed by atoms with van der Waals surface area (Å²) in [4.78, 5) is 36.2. The van der Waals surface area contributed by atoms with E-state index in [1.54, 1.807) is 54.6 Å². The van der Waals surface area contributed by atoms with Gasteiger partial charge in [0, 0.05) is 29.5 Å². The van der Waals surface area contributed by atoms with E-state index in [9.17, 15) is 14.4 Å². The molecule has 0 bridgehead atoms. The van der Waals surface area contributed by atoms with Crippen molar-refractivity contribution in [2.45, 2.75) is 6.92 Å². The van der Waals surface area contributed by atoms with Gasteiger partial charge in [-0.25, -0.2) is 0 Å². The van der Waals surface area contributed by atoms with Gasteiger partial charge in [0.2, 0.25) is 5.91 Å². The molecule has 6 nitrogen and oxygen atoms in total. The Morgan fingerprint density at radius 1 is 0.741 bits per heavy atom. The molecule has 27 heavy (non-hydrogen) atoms. The second-order valence-electron chi connectivity index (χ2n) is 5.72. The molecule has 2 aromatic carbocycles. The molecule has 3 rings (SSSR count). The highest BCUT2D eigenvalue weighted by Crippen LogP contribution is 2.19. The Morgan fingerprint density at radius 2 is 1.41 bits per heavy atom. The van der Waals surface area contributed by atoms with Crippen molar-refractivity contribution in [1.82, 2.24) is 0 Å². The lowest BCUT2D eigenvalue weighted by Crippen LogP contribution is -2.13. The third kappa shape index (κ3) is 5.02. The molecule has 0 saturated heterocycles. The fourth-order valence-corrected chi connectivity index (χ4v) is 3.01. The van der Waals surface area contributed by atoms with Crippen LogP contribution in [0.25, 0.3) is 0 Å². The molecule has 136 valence electrons. The Morgan fingerprint density at radius 3 is 2.00 bits per heavy atom. The first-order valence-corrected chi connectivity index (χ1v) is 9.03. The maximum atomic E-state index is 12.4. The highest BCUT2D eigenvalue weighted by molar-refractivity contribution is 7.12. The molecule has 7 heteroatoms. The third-order valence-corrected chi connectivity index (χ3v) is 4.46. The smallest absolute Gasteiger partial charge is 0.265 e. The maximum Gasteiger partial charge on any atom is 0.265 e. The van der Waals surface area contributed by atoms with Crippen molar-refractivity contribution in [1.29, 1.82) is 0 Å². The van der Waals surface area contributed by atoms with E-state index in [-0.39, 0.29) is 17.7 Å². The van der Waals surface area contributed by atoms with Gasteiger partial charge in [-0.1, -0.05) is 12.1 Å². The van der Waals surface area contributed by atoms with E-state index in [1.807, 2.05) is 11.4 Å². The monoisotopic (exact) mass is 379 g/mol. The van der Waals surface area contributed by atoms with E-state index >= 15 is 0 Å². The van der Waals surface area contributed by atoms with Crippen molar-refractivity contribution in [2.24, 2.45) is 0 Å². The molecule has 1 heterocycles. The van der Waals surface area contributed by atoms with Crippen LogP contribution in [0.5, 0.6) is 0 Å². The van der Waals surface area contributed by atoms with Crippen molar-refractivity contribution < 1.29 is 14.4 Å². The van der Waals surface area contributed by atoms with Crippen LogP contribution >= 0.6 is 11.3 Å². The predicted octanol–water partition coefficient (Wildman–Crippen LogP) is 4.21. The number of nitrogens with one attached hydrogen (secondary N) is 3. The highest BCUT2D eigenvalue weighted by Gasteiger charge is 2.09. The van der Waals surface area contributed by atoms with Crippen LogP contribution in [0.15, 0.2) is 66.0 Å². The van der Waals surface area contributed by atoms with Crippen LogP contribution in [0.2, 0.25) is 0 Å². The standard InChI is InChI=1S/C20H17N3O3S/c1-13(24)21-15-9-7-14(8-10-15)19(25)22-16-4-2-5-17(12-16)23-20(26)18-6-3-11-27-18/h2-12H,1H3,(H,21,24)(H,22,25)(H,23,26). The number of thiophene rings is 1. The van der Waals surface area contributed by atoms with Crippen molar-refractivity contribution in [2.75, 3.05) is 16.0 Å². The van der Waals surface area contributed by atoms with Gasteiger partial charge >= 0.3 is 0 Å². The first kappa shape index (κ1) is 18.3. The van der Waals surface area contributed by atoms with Gasteiger partial charge in [0.1, 0.15) is 0 Å². The van der Waals surface area contributed by atoms with Crippen LogP contribution in [0.3, 0.4) is 0 Å². The van der Waals surface area contributed by atoms with E-state index in [2.05, 4.69) is 16.0 Å².